The minimum atomic E-state index is -5.33. The number of sulfonamides is 1. The lowest BCUT2D eigenvalue weighted by atomic mass is 9.98. The number of piperazine rings is 1. The summed E-state index contributed by atoms with van der Waals surface area (Å²) in [4.78, 5) is 3.74. The van der Waals surface area contributed by atoms with Crippen molar-refractivity contribution < 1.29 is 44.3 Å². The number of thiophene rings is 1. The summed E-state index contributed by atoms with van der Waals surface area (Å²) in [5, 5.41) is 10.5. The van der Waals surface area contributed by atoms with Crippen molar-refractivity contribution in [1.82, 2.24) is 9.73 Å². The molecule has 2 atom stereocenters. The van der Waals surface area contributed by atoms with Crippen molar-refractivity contribution in [1.29, 1.82) is 0 Å². The number of hydrogen-bond donors (Lipinski definition) is 3. The van der Waals surface area contributed by atoms with E-state index in [9.17, 15) is 44.3 Å². The van der Waals surface area contributed by atoms with Crippen molar-refractivity contribution in [2.75, 3.05) is 24.5 Å². The summed E-state index contributed by atoms with van der Waals surface area (Å²) < 4.78 is 122. The fourth-order valence-corrected chi connectivity index (χ4v) is 7.13. The number of benzene rings is 1. The number of aliphatic imine (C=N–C) groups is 1. The van der Waals surface area contributed by atoms with Gasteiger partial charge in [0.05, 0.1) is 16.1 Å². The van der Waals surface area contributed by atoms with Gasteiger partial charge in [-0.3, -0.25) is 0 Å². The molecular weight excluding hydrogens is 567 g/mol. The monoisotopic (exact) mass is 589 g/mol. The third kappa shape index (κ3) is 5.51. The van der Waals surface area contributed by atoms with Crippen LogP contribution in [0.5, 0.6) is 0 Å². The van der Waals surface area contributed by atoms with Crippen LogP contribution in [-0.2, 0) is 21.8 Å². The molecule has 0 amide bonds. The largest absolute Gasteiger partial charge is 0.428 e. The summed E-state index contributed by atoms with van der Waals surface area (Å²) in [7, 11) is -4.43. The van der Waals surface area contributed by atoms with E-state index < -0.39 is 60.2 Å². The number of anilines is 1. The van der Waals surface area contributed by atoms with Crippen LogP contribution in [0, 0.1) is 5.82 Å². The van der Waals surface area contributed by atoms with E-state index in [2.05, 4.69) is 11.6 Å². The lowest BCUT2D eigenvalue weighted by Crippen LogP contribution is -2.54. The number of rotatable bonds is 7. The lowest BCUT2D eigenvalue weighted by molar-refractivity contribution is -0.248. The van der Waals surface area contributed by atoms with Gasteiger partial charge in [0.25, 0.3) is 10.0 Å². The van der Waals surface area contributed by atoms with E-state index in [0.717, 1.165) is 28.6 Å². The minimum absolute atomic E-state index is 0.146. The molecule has 1 aliphatic rings. The van der Waals surface area contributed by atoms with Crippen LogP contribution in [0.4, 0.5) is 36.4 Å². The van der Waals surface area contributed by atoms with Crippen molar-refractivity contribution in [2.45, 2.75) is 35.1 Å². The molecule has 38 heavy (non-hydrogen) atoms. The van der Waals surface area contributed by atoms with E-state index in [1.807, 2.05) is 5.43 Å². The van der Waals surface area contributed by atoms with Gasteiger partial charge in [0.1, 0.15) is 16.4 Å². The molecule has 0 spiro atoms. The molecule has 8 nitrogen and oxygen atoms in total. The smallest absolute Gasteiger partial charge is 0.370 e. The molecule has 0 radical (unpaired) electrons. The Bertz CT molecular complexity index is 1330. The van der Waals surface area contributed by atoms with Crippen molar-refractivity contribution >= 4 is 33.4 Å². The fourth-order valence-electron chi connectivity index (χ4n) is 3.95. The predicted molar refractivity (Wildman–Crippen MR) is 126 cm³/mol. The molecule has 1 fully saturated rings. The molecule has 1 aromatic heterocycles. The summed E-state index contributed by atoms with van der Waals surface area (Å²) in [5.74, 6) is 3.86. The summed E-state index contributed by atoms with van der Waals surface area (Å²) in [5.41, 5.74) is -4.48. The van der Waals surface area contributed by atoms with Crippen LogP contribution in [0.25, 0.3) is 0 Å². The third-order valence-corrected chi connectivity index (χ3v) is 9.47. The van der Waals surface area contributed by atoms with E-state index in [-0.39, 0.29) is 36.7 Å². The van der Waals surface area contributed by atoms with E-state index >= 15 is 0 Å². The van der Waals surface area contributed by atoms with Crippen LogP contribution in [-0.4, -0.2) is 56.0 Å². The summed E-state index contributed by atoms with van der Waals surface area (Å²) in [6.07, 6.45) is -9.54. The first-order chi connectivity index (χ1) is 17.4. The number of nitrogens with zero attached hydrogens (tertiary/aromatic N) is 3. The maximum absolute atomic E-state index is 13.8. The van der Waals surface area contributed by atoms with Crippen molar-refractivity contribution in [2.24, 2.45) is 10.8 Å². The van der Waals surface area contributed by atoms with Gasteiger partial charge < -0.3 is 15.4 Å². The van der Waals surface area contributed by atoms with Crippen LogP contribution < -0.4 is 16.2 Å². The Hall–Kier alpha value is -2.73. The van der Waals surface area contributed by atoms with Crippen molar-refractivity contribution in [3.63, 3.8) is 0 Å². The Morgan fingerprint density at radius 3 is 2.42 bits per heavy atom. The number of halogens is 7. The molecule has 2 heterocycles. The summed E-state index contributed by atoms with van der Waals surface area (Å²) in [6.45, 7) is 3.80. The fraction of sp³-hybridized carbons (Fsp3) is 0.381. The van der Waals surface area contributed by atoms with E-state index in [1.165, 1.54) is 11.8 Å². The Balaban J connectivity index is 1.90. The molecule has 3 rings (SSSR count). The highest BCUT2D eigenvalue weighted by atomic mass is 32.2. The molecule has 1 aromatic carbocycles. The van der Waals surface area contributed by atoms with Gasteiger partial charge in [0.2, 0.25) is 5.60 Å². The maximum Gasteiger partial charge on any atom is 0.428 e. The second-order valence-electron chi connectivity index (χ2n) is 8.27. The van der Waals surface area contributed by atoms with Gasteiger partial charge in [-0.1, -0.05) is 6.58 Å². The molecule has 210 valence electrons. The maximum atomic E-state index is 13.8. The van der Waals surface area contributed by atoms with Gasteiger partial charge in [-0.15, -0.1) is 11.3 Å². The molecule has 0 aliphatic carbocycles. The molecule has 1 aliphatic heterocycles. The second-order valence-corrected chi connectivity index (χ2v) is 11.5. The average Bonchev–Trinajstić information content (AvgIpc) is 3.32. The molecule has 17 heteroatoms. The number of nitrogens with two attached hydrogens (primary N) is 1. The average molecular weight is 590 g/mol. The first kappa shape index (κ1) is 29.8. The summed E-state index contributed by atoms with van der Waals surface area (Å²) in [6, 6.07) is 2.90. The number of aliphatic hydroxyl groups is 1. The lowest BCUT2D eigenvalue weighted by Gasteiger charge is -2.40. The Morgan fingerprint density at radius 2 is 1.87 bits per heavy atom. The zero-order chi connectivity index (χ0) is 28.7. The predicted octanol–water partition coefficient (Wildman–Crippen LogP) is 3.56. The normalized spacial score (nSPS) is 19.5. The van der Waals surface area contributed by atoms with Gasteiger partial charge in [0, 0.05) is 31.4 Å². The van der Waals surface area contributed by atoms with Gasteiger partial charge >= 0.3 is 12.4 Å². The molecule has 1 unspecified atom stereocenters. The highest BCUT2D eigenvalue weighted by Crippen LogP contribution is 2.47. The van der Waals surface area contributed by atoms with E-state index in [4.69, 9.17) is 5.84 Å². The SMILES string of the molecule is C=C(N=CNN)C(O)(c1ccc(S(=O)(=O)N2CCN(c3ccc(F)cc3C(F)(F)F)C[C@H]2C)s1)C(F)(F)F. The molecule has 2 aromatic rings. The number of alkyl halides is 6. The first-order valence-electron chi connectivity index (χ1n) is 10.7. The Kier molecular flexibility index (Phi) is 8.19. The zero-order valence-corrected chi connectivity index (χ0v) is 21.1. The first-order valence-corrected chi connectivity index (χ1v) is 12.9. The van der Waals surface area contributed by atoms with Gasteiger partial charge in [-0.25, -0.2) is 23.6 Å². The number of nitrogens with one attached hydrogen (secondary N) is 1. The van der Waals surface area contributed by atoms with Gasteiger partial charge in [-0.05, 0) is 37.3 Å². The Labute approximate surface area is 216 Å². The number of hydrogen-bond acceptors (Lipinski definition) is 7. The second kappa shape index (κ2) is 10.4. The highest BCUT2D eigenvalue weighted by molar-refractivity contribution is 7.91. The van der Waals surface area contributed by atoms with E-state index in [0.29, 0.717) is 12.4 Å². The van der Waals surface area contributed by atoms with Crippen LogP contribution >= 0.6 is 11.3 Å². The van der Waals surface area contributed by atoms with Crippen LogP contribution in [0.1, 0.15) is 17.4 Å². The molecule has 1 saturated heterocycles. The standard InChI is InChI=1S/C21H22F7N5O3S2/c1-12-10-32(16-4-3-14(22)9-15(16)20(23,24)25)7-8-33(12)38(35,36)18-6-5-17(37-18)19(34,21(26,27)28)13(2)30-11-31-29/h3-6,9,11-12,34H,2,7-8,10,29H2,1H3,(H,30,31)/t12-,19?/m1/s1. The van der Waals surface area contributed by atoms with E-state index in [1.54, 1.807) is 0 Å². The molecule has 0 saturated carbocycles. The minimum Gasteiger partial charge on any atom is -0.370 e. The molecular formula is C21H22F7N5O3S2. The summed E-state index contributed by atoms with van der Waals surface area (Å²) >= 11 is 0.146. The van der Waals surface area contributed by atoms with Crippen molar-refractivity contribution in [3.05, 3.63) is 58.9 Å². The highest BCUT2D eigenvalue weighted by Gasteiger charge is 2.58. The number of hydrazine groups is 1. The van der Waals surface area contributed by atoms with Crippen LogP contribution in [0.3, 0.4) is 0 Å². The third-order valence-electron chi connectivity index (χ3n) is 5.79. The van der Waals surface area contributed by atoms with Crippen molar-refractivity contribution in [3.8, 4) is 0 Å². The topological polar surface area (TPSA) is 111 Å². The quantitative estimate of drug-likeness (QED) is 0.150. The van der Waals surface area contributed by atoms with Crippen LogP contribution in [0.15, 0.2) is 51.8 Å². The zero-order valence-electron chi connectivity index (χ0n) is 19.5. The van der Waals surface area contributed by atoms with Crippen LogP contribution in [0.2, 0.25) is 0 Å². The Morgan fingerprint density at radius 1 is 1.21 bits per heavy atom. The van der Waals surface area contributed by atoms with Gasteiger partial charge in [0.15, 0.2) is 0 Å². The molecule has 0 bridgehead atoms. The molecule has 4 N–H and O–H groups in total. The van der Waals surface area contributed by atoms with Gasteiger partial charge in [-0.2, -0.15) is 30.6 Å².